The third kappa shape index (κ3) is 9.68. The Hall–Kier alpha value is 5.84. The van der Waals surface area contributed by atoms with Crippen LogP contribution in [-0.2, 0) is 185 Å². The Morgan fingerprint density at radius 1 is 0.838 bits per heavy atom. The summed E-state index contributed by atoms with van der Waals surface area (Å²) in [7, 11) is 0.822. The Balaban J connectivity index is 0.000000712. The maximum Gasteiger partial charge on any atom is 1.00 e. The van der Waals surface area contributed by atoms with Crippen molar-refractivity contribution >= 4 is 213 Å². The number of hydrogen-bond donors (Lipinski definition) is 2. The van der Waals surface area contributed by atoms with Crippen LogP contribution < -0.4 is 51.4 Å². The zero-order chi connectivity index (χ0) is 28.5. The predicted molar refractivity (Wildman–Crippen MR) is 214 cm³/mol. The Morgan fingerprint density at radius 2 is 1.27 bits per heavy atom. The standard InChI is InChI=1S/C11H10O4.HIS20.K/c12-6-15-7-1-2-8-9(5-7)11(14)4-3-10(8)13;1-16(3,4)18(7,8)20(11,12)21(13,14)19(9,10)17(5,6)15-2;/h1-6,8-9,13-14H;2H;/q;;+1/p-1. The van der Waals surface area contributed by atoms with Gasteiger partial charge in [0.2, 0.25) is 0 Å². The molecule has 0 radical (unpaired) electrons. The monoisotopic (exact) mass is 1010 g/mol. The smallest absolute Gasteiger partial charge is 0.706 e. The molecule has 2 rings (SSSR count). The molecular weight excluding hydrogens is 1000 g/mol. The molecule has 26 heteroatoms. The number of carbonyl (C=O) groups excluding carboxylic acids is 1. The molecule has 0 aromatic heterocycles. The molecule has 2 aliphatic rings. The first kappa shape index (κ1) is 42.8. The fraction of sp³-hybridized carbons (Fsp3) is 0.182. The van der Waals surface area contributed by atoms with Gasteiger partial charge in [-0.15, -0.1) is 0 Å². The Bertz CT molecular complexity index is 1710. The van der Waals surface area contributed by atoms with Crippen LogP contribution in [0.3, 0.4) is 0 Å². The third-order valence-electron chi connectivity index (χ3n) is 3.82. The summed E-state index contributed by atoms with van der Waals surface area (Å²) < 4.78 is 2.41. The first-order valence-electron chi connectivity index (χ1n) is 7.84. The third-order valence-corrected chi connectivity index (χ3v) is 118. The Kier molecular flexibility index (Phi) is 19.2. The van der Waals surface area contributed by atoms with Crippen LogP contribution in [-0.4, -0.2) is 16.7 Å². The van der Waals surface area contributed by atoms with Gasteiger partial charge in [-0.25, -0.2) is 9.83 Å². The predicted octanol–water partition coefficient (Wildman–Crippen LogP) is 0.235. The average Bonchev–Trinajstić information content (AvgIpc) is 2.75. The number of halogens is 1. The van der Waals surface area contributed by atoms with E-state index >= 15 is 0 Å². The quantitative estimate of drug-likeness (QED) is 0.0872. The van der Waals surface area contributed by atoms with Crippen LogP contribution in [0.2, 0.25) is 0 Å². The van der Waals surface area contributed by atoms with Crippen LogP contribution in [0, 0.1) is 11.8 Å². The van der Waals surface area contributed by atoms with Crippen LogP contribution in [0.1, 0.15) is 0 Å². The first-order chi connectivity index (χ1) is 16.0. The van der Waals surface area contributed by atoms with E-state index in [0.29, 0.717) is 12.2 Å². The van der Waals surface area contributed by atoms with E-state index in [-0.39, 0.29) is 74.7 Å². The fourth-order valence-electron chi connectivity index (χ4n) is 2.17. The van der Waals surface area contributed by atoms with Gasteiger partial charge in [0.1, 0.15) is 17.3 Å². The van der Waals surface area contributed by atoms with Gasteiger partial charge in [-0.3, -0.25) is 4.79 Å². The van der Waals surface area contributed by atoms with E-state index in [1.165, 1.54) is 12.2 Å². The maximum atomic E-state index is 10.1. The summed E-state index contributed by atoms with van der Waals surface area (Å²) in [6.07, 6.45) is 7.79. The summed E-state index contributed by atoms with van der Waals surface area (Å²) in [5.74, 6) is 0.0921. The van der Waals surface area contributed by atoms with Gasteiger partial charge in [0.25, 0.3) is 6.47 Å². The van der Waals surface area contributed by atoms with Crippen molar-refractivity contribution in [2.24, 2.45) is 11.8 Å². The number of ether oxygens (including phenoxy) is 1. The number of fused-ring (bicyclic) bond motifs is 1. The van der Waals surface area contributed by atoms with Crippen LogP contribution >= 0.6 is 31.0 Å². The molecule has 0 amide bonds. The molecule has 0 aromatic carbocycles. The van der Waals surface area contributed by atoms with Crippen molar-refractivity contribution in [3.05, 3.63) is 47.7 Å². The van der Waals surface area contributed by atoms with Crippen molar-refractivity contribution < 1.29 is 71.1 Å². The van der Waals surface area contributed by atoms with E-state index in [4.69, 9.17) is 146 Å². The second-order valence-electron chi connectivity index (χ2n) is 5.88. The molecule has 2 N–H and O–H groups in total. The SMILES string of the molecule is O=COC1=CC2C(O)=CC=C(O)C2C=C1.S=S(=S)(I)S(=S)(=S)S(=S)(=S)S(=S)(=S)S(=S)(=S)S(=S)(=S)S[S-].[K+]. The second-order valence-corrected chi connectivity index (χ2v) is 77.2. The zero-order valence-corrected chi connectivity index (χ0v) is 39.0. The molecule has 0 heterocycles. The summed E-state index contributed by atoms with van der Waals surface area (Å²) >= 11 is 71.9. The van der Waals surface area contributed by atoms with Gasteiger partial charge in [-0.2, -0.15) is 0 Å². The molecular formula is C11H10IKO4S20. The molecule has 206 valence electrons. The molecule has 0 saturated heterocycles. The zero-order valence-electron chi connectivity index (χ0n) is 17.4. The summed E-state index contributed by atoms with van der Waals surface area (Å²) in [5, 5.41) is 5.79. The van der Waals surface area contributed by atoms with Crippen LogP contribution in [0.5, 0.6) is 0 Å². The van der Waals surface area contributed by atoms with E-state index < -0.39 is 29.4 Å². The average molecular weight is 1010 g/mol. The van der Waals surface area contributed by atoms with Crippen molar-refractivity contribution in [2.75, 3.05) is 0 Å². The maximum absolute atomic E-state index is 10.1. The van der Waals surface area contributed by atoms with Gasteiger partial charge in [-0.05, 0) is 159 Å². The minimum absolute atomic E-state index is 0. The molecule has 0 aliphatic heterocycles. The van der Waals surface area contributed by atoms with Gasteiger partial charge in [0.05, 0.1) is 5.92 Å². The van der Waals surface area contributed by atoms with E-state index in [2.05, 4.69) is 4.74 Å². The Labute approximate surface area is 335 Å². The van der Waals surface area contributed by atoms with Gasteiger partial charge in [0.15, 0.2) is 0 Å². The number of aliphatic hydroxyl groups is 2. The minimum atomic E-state index is -2.80. The molecule has 37 heavy (non-hydrogen) atoms. The van der Waals surface area contributed by atoms with Gasteiger partial charge >= 0.3 is 51.4 Å². The first-order valence-corrected chi connectivity index (χ1v) is 36.1. The molecule has 2 atom stereocenters. The largest absolute Gasteiger partial charge is 1.00 e. The van der Waals surface area contributed by atoms with Gasteiger partial charge in [-0.1, -0.05) is 6.08 Å². The van der Waals surface area contributed by atoms with Crippen LogP contribution in [0.15, 0.2) is 47.7 Å². The molecule has 0 fully saturated rings. The van der Waals surface area contributed by atoms with E-state index in [9.17, 15) is 15.0 Å². The van der Waals surface area contributed by atoms with Crippen molar-refractivity contribution in [1.29, 1.82) is 0 Å². The normalized spacial score (nSPS) is 20.4. The number of carbonyl (C=O) groups is 1. The molecule has 0 saturated carbocycles. The number of allylic oxidation sites excluding steroid dienone is 5. The number of aliphatic hydroxyl groups excluding tert-OH is 2. The number of hydrogen-bond acceptors (Lipinski definition) is 18. The summed E-state index contributed by atoms with van der Waals surface area (Å²) in [4.78, 5) is 10.1. The molecule has 2 unspecified atom stereocenters. The Morgan fingerprint density at radius 3 is 1.68 bits per heavy atom. The molecule has 2 aliphatic carbocycles. The molecule has 0 aromatic rings. The van der Waals surface area contributed by atoms with Crippen LogP contribution in [0.25, 0.3) is 0 Å². The topological polar surface area (TPSA) is 66.8 Å². The second kappa shape index (κ2) is 16.6. The van der Waals surface area contributed by atoms with Gasteiger partial charge < -0.3 is 26.6 Å². The van der Waals surface area contributed by atoms with Crippen molar-refractivity contribution in [3.63, 3.8) is 0 Å². The number of rotatable bonds is 8. The van der Waals surface area contributed by atoms with E-state index in [0.717, 1.165) is 9.83 Å². The van der Waals surface area contributed by atoms with Crippen molar-refractivity contribution in [3.8, 4) is 0 Å². The summed E-state index contributed by atoms with van der Waals surface area (Å²) in [6.45, 7) is 0.329. The fourth-order valence-corrected chi connectivity index (χ4v) is 118. The van der Waals surface area contributed by atoms with Crippen molar-refractivity contribution in [1.82, 2.24) is 0 Å². The summed E-state index contributed by atoms with van der Waals surface area (Å²) in [5.41, 5.74) is 0. The van der Waals surface area contributed by atoms with Crippen LogP contribution in [0.4, 0.5) is 0 Å². The van der Waals surface area contributed by atoms with E-state index in [1.54, 1.807) is 18.2 Å². The molecule has 0 bridgehead atoms. The van der Waals surface area contributed by atoms with Gasteiger partial charge in [0, 0.05) is 56.5 Å². The molecule has 0 spiro atoms. The molecule has 4 nitrogen and oxygen atoms in total. The van der Waals surface area contributed by atoms with Crippen molar-refractivity contribution in [2.45, 2.75) is 0 Å². The minimum Gasteiger partial charge on any atom is -0.706 e. The van der Waals surface area contributed by atoms with E-state index in [1.807, 2.05) is 21.2 Å². The summed E-state index contributed by atoms with van der Waals surface area (Å²) in [6, 6.07) is 0.